The minimum atomic E-state index is -1.23. The van der Waals surface area contributed by atoms with Crippen LogP contribution in [0.3, 0.4) is 0 Å². The number of ether oxygens (including phenoxy) is 1. The molecule has 0 atom stereocenters. The van der Waals surface area contributed by atoms with Crippen LogP contribution in [0.4, 0.5) is 4.79 Å². The number of rotatable bonds is 12. The van der Waals surface area contributed by atoms with Crippen LogP contribution < -0.4 is 4.74 Å². The molecule has 2 aromatic carbocycles. The molecule has 0 radical (unpaired) electrons. The normalized spacial score (nSPS) is 10.9. The van der Waals surface area contributed by atoms with Gasteiger partial charge >= 0.3 is 6.16 Å². The van der Waals surface area contributed by atoms with Gasteiger partial charge in [0.05, 0.1) is 0 Å². The lowest BCUT2D eigenvalue weighted by Crippen LogP contribution is -2.09. The monoisotopic (exact) mass is 410 g/mol. The highest BCUT2D eigenvalue weighted by atomic mass is 16.7. The maximum atomic E-state index is 11.3. The van der Waals surface area contributed by atoms with Gasteiger partial charge in [-0.05, 0) is 79.0 Å². The van der Waals surface area contributed by atoms with Crippen molar-refractivity contribution < 1.29 is 14.6 Å². The van der Waals surface area contributed by atoms with Crippen LogP contribution in [0.1, 0.15) is 87.5 Å². The molecular weight excluding hydrogens is 372 g/mol. The van der Waals surface area contributed by atoms with Crippen LogP contribution in [-0.2, 0) is 12.8 Å². The van der Waals surface area contributed by atoms with Crippen molar-refractivity contribution in [2.45, 2.75) is 91.9 Å². The highest BCUT2D eigenvalue weighted by Crippen LogP contribution is 2.37. The number of hydrogen-bond acceptors (Lipinski definition) is 2. The first kappa shape index (κ1) is 24.0. The molecule has 0 saturated heterocycles. The Balaban J connectivity index is 2.52. The zero-order valence-electron chi connectivity index (χ0n) is 19.2. The Morgan fingerprint density at radius 3 is 2.03 bits per heavy atom. The minimum Gasteiger partial charge on any atom is -0.449 e. The highest BCUT2D eigenvalue weighted by Gasteiger charge is 2.18. The van der Waals surface area contributed by atoms with Gasteiger partial charge in [-0.1, -0.05) is 76.6 Å². The van der Waals surface area contributed by atoms with Gasteiger partial charge in [0.1, 0.15) is 5.75 Å². The van der Waals surface area contributed by atoms with Crippen molar-refractivity contribution >= 4 is 6.16 Å². The average Bonchev–Trinajstić information content (AvgIpc) is 2.72. The van der Waals surface area contributed by atoms with Crippen LogP contribution in [0, 0.1) is 13.8 Å². The Kier molecular flexibility index (Phi) is 9.93. The molecule has 3 nitrogen and oxygen atoms in total. The summed E-state index contributed by atoms with van der Waals surface area (Å²) in [4.78, 5) is 11.3. The Morgan fingerprint density at radius 2 is 1.43 bits per heavy atom. The summed E-state index contributed by atoms with van der Waals surface area (Å²) < 4.78 is 5.23. The number of benzene rings is 2. The van der Waals surface area contributed by atoms with Crippen LogP contribution in [0.25, 0.3) is 11.1 Å². The zero-order valence-corrected chi connectivity index (χ0v) is 19.2. The van der Waals surface area contributed by atoms with E-state index in [2.05, 4.69) is 52.0 Å². The zero-order chi connectivity index (χ0) is 21.9. The first-order valence-corrected chi connectivity index (χ1v) is 11.6. The summed E-state index contributed by atoms with van der Waals surface area (Å²) in [6.07, 6.45) is 9.95. The topological polar surface area (TPSA) is 46.5 Å². The Bertz CT molecular complexity index is 823. The molecule has 164 valence electrons. The molecule has 0 aliphatic heterocycles. The lowest BCUT2D eigenvalue weighted by molar-refractivity contribution is 0.144. The number of unbranched alkanes of at least 4 members (excludes halogenated alkanes) is 6. The van der Waals surface area contributed by atoms with Gasteiger partial charge in [-0.25, -0.2) is 4.79 Å². The largest absolute Gasteiger partial charge is 0.511 e. The van der Waals surface area contributed by atoms with Crippen molar-refractivity contribution in [3.8, 4) is 16.9 Å². The van der Waals surface area contributed by atoms with Crippen LogP contribution in [-0.4, -0.2) is 11.3 Å². The van der Waals surface area contributed by atoms with Gasteiger partial charge < -0.3 is 9.84 Å². The van der Waals surface area contributed by atoms with Crippen LogP contribution >= 0.6 is 0 Å². The van der Waals surface area contributed by atoms with Gasteiger partial charge in [0.2, 0.25) is 0 Å². The fourth-order valence-corrected chi connectivity index (χ4v) is 4.17. The van der Waals surface area contributed by atoms with Crippen molar-refractivity contribution in [1.82, 2.24) is 0 Å². The molecule has 0 amide bonds. The number of carbonyl (C=O) groups is 1. The minimum absolute atomic E-state index is 0.513. The standard InChI is InChI=1S/C27H38O3/c1-5-7-9-11-15-23-24(22-17-13-14-20(3)21(22)4)18-19-26(30-27(28)29)25(23)16-12-10-8-6-2/h13-14,17-19H,5-12,15-16H2,1-4H3,(H,28,29). The van der Waals surface area contributed by atoms with Gasteiger partial charge in [-0.15, -0.1) is 0 Å². The predicted molar refractivity (Wildman–Crippen MR) is 126 cm³/mol. The Morgan fingerprint density at radius 1 is 0.800 bits per heavy atom. The van der Waals surface area contributed by atoms with Gasteiger partial charge in [-0.2, -0.15) is 0 Å². The van der Waals surface area contributed by atoms with Crippen molar-refractivity contribution in [2.24, 2.45) is 0 Å². The van der Waals surface area contributed by atoms with E-state index in [1.807, 2.05) is 6.07 Å². The van der Waals surface area contributed by atoms with Gasteiger partial charge in [0.25, 0.3) is 0 Å². The van der Waals surface area contributed by atoms with Gasteiger partial charge in [0.15, 0.2) is 0 Å². The van der Waals surface area contributed by atoms with Crippen molar-refractivity contribution in [1.29, 1.82) is 0 Å². The van der Waals surface area contributed by atoms with Crippen LogP contribution in [0.5, 0.6) is 5.75 Å². The lowest BCUT2D eigenvalue weighted by Gasteiger charge is -2.20. The van der Waals surface area contributed by atoms with Crippen molar-refractivity contribution in [3.63, 3.8) is 0 Å². The summed E-state index contributed by atoms with van der Waals surface area (Å²) >= 11 is 0. The first-order chi connectivity index (χ1) is 14.5. The predicted octanol–water partition coefficient (Wildman–Crippen LogP) is 8.27. The molecule has 0 unspecified atom stereocenters. The Hall–Kier alpha value is -2.29. The molecule has 0 aromatic heterocycles. The number of carboxylic acid groups (broad SMARTS) is 1. The summed E-state index contributed by atoms with van der Waals surface area (Å²) in [6.45, 7) is 8.75. The summed E-state index contributed by atoms with van der Waals surface area (Å²) in [6, 6.07) is 10.4. The summed E-state index contributed by atoms with van der Waals surface area (Å²) in [5.74, 6) is 0.513. The van der Waals surface area contributed by atoms with E-state index in [4.69, 9.17) is 4.74 Å². The molecule has 0 spiro atoms. The molecule has 0 bridgehead atoms. The van der Waals surface area contributed by atoms with Crippen LogP contribution in [0.2, 0.25) is 0 Å². The lowest BCUT2D eigenvalue weighted by atomic mass is 9.86. The van der Waals surface area contributed by atoms with E-state index < -0.39 is 6.16 Å². The maximum absolute atomic E-state index is 11.3. The molecule has 30 heavy (non-hydrogen) atoms. The van der Waals surface area contributed by atoms with E-state index in [0.717, 1.165) is 37.7 Å². The molecule has 0 aliphatic carbocycles. The number of aryl methyl sites for hydroxylation is 1. The van der Waals surface area contributed by atoms with Crippen molar-refractivity contribution in [2.75, 3.05) is 0 Å². The van der Waals surface area contributed by atoms with Gasteiger partial charge in [-0.3, -0.25) is 0 Å². The molecule has 2 rings (SSSR count). The van der Waals surface area contributed by atoms with E-state index in [0.29, 0.717) is 5.75 Å². The smallest absolute Gasteiger partial charge is 0.449 e. The van der Waals surface area contributed by atoms with E-state index in [1.54, 1.807) is 0 Å². The quantitative estimate of drug-likeness (QED) is 0.217. The van der Waals surface area contributed by atoms with E-state index in [9.17, 15) is 9.90 Å². The second kappa shape index (κ2) is 12.4. The third-order valence-corrected chi connectivity index (χ3v) is 6.04. The fourth-order valence-electron chi connectivity index (χ4n) is 4.17. The highest BCUT2D eigenvalue weighted by molar-refractivity contribution is 5.75. The number of hydrogen-bond donors (Lipinski definition) is 1. The fraction of sp³-hybridized carbons (Fsp3) is 0.519. The first-order valence-electron chi connectivity index (χ1n) is 11.6. The maximum Gasteiger partial charge on any atom is 0.511 e. The van der Waals surface area contributed by atoms with Crippen LogP contribution in [0.15, 0.2) is 30.3 Å². The third kappa shape index (κ3) is 6.62. The summed E-state index contributed by atoms with van der Waals surface area (Å²) in [7, 11) is 0. The molecule has 0 aliphatic rings. The molecule has 2 aromatic rings. The molecule has 0 saturated carbocycles. The Labute approximate surface area is 182 Å². The molecule has 1 N–H and O–H groups in total. The molecule has 0 heterocycles. The van der Waals surface area contributed by atoms with Gasteiger partial charge in [0, 0.05) is 0 Å². The summed E-state index contributed by atoms with van der Waals surface area (Å²) in [5.41, 5.74) is 7.41. The molecular formula is C27H38O3. The van der Waals surface area contributed by atoms with Crippen molar-refractivity contribution in [3.05, 3.63) is 52.6 Å². The van der Waals surface area contributed by atoms with E-state index >= 15 is 0 Å². The third-order valence-electron chi connectivity index (χ3n) is 6.04. The average molecular weight is 411 g/mol. The second-order valence-electron chi connectivity index (χ2n) is 8.31. The molecule has 0 fully saturated rings. The van der Waals surface area contributed by atoms with E-state index in [-0.39, 0.29) is 0 Å². The molecule has 3 heteroatoms. The summed E-state index contributed by atoms with van der Waals surface area (Å²) in [5, 5.41) is 9.28. The van der Waals surface area contributed by atoms with E-state index in [1.165, 1.54) is 59.9 Å². The second-order valence-corrected chi connectivity index (χ2v) is 8.31. The SMILES string of the molecule is CCCCCCc1c(OC(=O)O)ccc(-c2cccc(C)c2C)c1CCCCCC.